The van der Waals surface area contributed by atoms with E-state index in [-0.39, 0.29) is 0 Å². The lowest BCUT2D eigenvalue weighted by Crippen LogP contribution is -2.41. The molecule has 0 fully saturated rings. The van der Waals surface area contributed by atoms with Crippen LogP contribution in [0.2, 0.25) is 0 Å². The molecule has 0 aliphatic carbocycles. The molecule has 0 radical (unpaired) electrons. The zero-order valence-corrected chi connectivity index (χ0v) is 10.9. The van der Waals surface area contributed by atoms with Gasteiger partial charge in [0, 0.05) is 18.8 Å². The van der Waals surface area contributed by atoms with Gasteiger partial charge in [0.05, 0.1) is 5.60 Å². The number of hydrogen-bond donors (Lipinski definition) is 1. The Hall–Kier alpha value is -1.02. The van der Waals surface area contributed by atoms with Gasteiger partial charge in [-0.3, -0.25) is 0 Å². The van der Waals surface area contributed by atoms with Gasteiger partial charge in [-0.05, 0) is 44.2 Å². The van der Waals surface area contributed by atoms with Crippen LogP contribution in [0.25, 0.3) is 0 Å². The van der Waals surface area contributed by atoms with Gasteiger partial charge in [-0.25, -0.2) is 0 Å². The van der Waals surface area contributed by atoms with Crippen LogP contribution in [0.15, 0.2) is 24.3 Å². The summed E-state index contributed by atoms with van der Waals surface area (Å²) in [7, 11) is 0. The van der Waals surface area contributed by atoms with E-state index in [0.29, 0.717) is 0 Å². The van der Waals surface area contributed by atoms with Crippen molar-refractivity contribution in [2.45, 2.75) is 45.1 Å². The second-order valence-corrected chi connectivity index (χ2v) is 5.36. The highest BCUT2D eigenvalue weighted by Gasteiger charge is 2.24. The Morgan fingerprint density at radius 1 is 1.29 bits per heavy atom. The van der Waals surface area contributed by atoms with Crippen molar-refractivity contribution in [1.29, 1.82) is 0 Å². The van der Waals surface area contributed by atoms with Gasteiger partial charge in [0.2, 0.25) is 0 Å². The average Bonchev–Trinajstić information content (AvgIpc) is 2.52. The smallest absolute Gasteiger partial charge is 0.0791 e. The largest absolute Gasteiger partial charge is 0.388 e. The van der Waals surface area contributed by atoms with Gasteiger partial charge in [-0.1, -0.05) is 25.1 Å². The molecule has 2 rings (SSSR count). The minimum atomic E-state index is -0.586. The quantitative estimate of drug-likeness (QED) is 0.867. The molecule has 17 heavy (non-hydrogen) atoms. The van der Waals surface area contributed by atoms with E-state index in [1.807, 2.05) is 13.8 Å². The van der Waals surface area contributed by atoms with Gasteiger partial charge < -0.3 is 10.0 Å². The Balaban J connectivity index is 2.23. The molecule has 0 saturated heterocycles. The van der Waals surface area contributed by atoms with Crippen molar-refractivity contribution in [3.8, 4) is 0 Å². The van der Waals surface area contributed by atoms with E-state index in [1.54, 1.807) is 0 Å². The summed E-state index contributed by atoms with van der Waals surface area (Å²) in [5.41, 5.74) is 2.16. The van der Waals surface area contributed by atoms with Crippen LogP contribution in [-0.2, 0) is 6.42 Å². The maximum atomic E-state index is 10.3. The molecule has 1 unspecified atom stereocenters. The predicted molar refractivity (Wildman–Crippen MR) is 72.5 cm³/mol. The summed E-state index contributed by atoms with van der Waals surface area (Å²) < 4.78 is 0. The first-order valence-electron chi connectivity index (χ1n) is 6.67. The van der Waals surface area contributed by atoms with E-state index in [9.17, 15) is 5.11 Å². The summed E-state index contributed by atoms with van der Waals surface area (Å²) in [6, 6.07) is 8.61. The normalized spacial score (nSPS) is 19.4. The molecule has 2 heteroatoms. The highest BCUT2D eigenvalue weighted by Crippen LogP contribution is 2.27. The molecule has 1 N–H and O–H groups in total. The average molecular weight is 233 g/mol. The summed E-state index contributed by atoms with van der Waals surface area (Å²) >= 11 is 0. The van der Waals surface area contributed by atoms with Gasteiger partial charge >= 0.3 is 0 Å². The van der Waals surface area contributed by atoms with Gasteiger partial charge in [0.1, 0.15) is 0 Å². The standard InChI is InChI=1S/C15H23NO/c1-3-15(2,17)12-16-11-7-6-9-13-8-4-5-10-14(13)16/h4-5,8,10,17H,3,6-7,9,11-12H2,1-2H3. The van der Waals surface area contributed by atoms with E-state index in [0.717, 1.165) is 19.5 Å². The van der Waals surface area contributed by atoms with Gasteiger partial charge in [-0.2, -0.15) is 0 Å². The summed E-state index contributed by atoms with van der Waals surface area (Å²) in [4.78, 5) is 2.35. The summed E-state index contributed by atoms with van der Waals surface area (Å²) in [6.07, 6.45) is 4.43. The van der Waals surface area contributed by atoms with Crippen molar-refractivity contribution < 1.29 is 5.11 Å². The third-order valence-corrected chi connectivity index (χ3v) is 3.75. The molecule has 0 aromatic heterocycles. The molecular weight excluding hydrogens is 210 g/mol. The van der Waals surface area contributed by atoms with E-state index in [2.05, 4.69) is 29.2 Å². The SMILES string of the molecule is CCC(C)(O)CN1CCCCc2ccccc21. The number of rotatable bonds is 3. The molecule has 2 nitrogen and oxygen atoms in total. The third kappa shape index (κ3) is 3.01. The topological polar surface area (TPSA) is 23.5 Å². The molecule has 1 aliphatic heterocycles. The van der Waals surface area contributed by atoms with Crippen LogP contribution < -0.4 is 4.90 Å². The highest BCUT2D eigenvalue weighted by molar-refractivity contribution is 5.54. The fraction of sp³-hybridized carbons (Fsp3) is 0.600. The van der Waals surface area contributed by atoms with E-state index in [1.165, 1.54) is 30.5 Å². The monoisotopic (exact) mass is 233 g/mol. The lowest BCUT2D eigenvalue weighted by Gasteiger charge is -2.32. The van der Waals surface area contributed by atoms with Crippen LogP contribution in [0.5, 0.6) is 0 Å². The number of nitrogens with zero attached hydrogens (tertiary/aromatic N) is 1. The van der Waals surface area contributed by atoms with Crippen molar-refractivity contribution in [2.75, 3.05) is 18.0 Å². The number of fused-ring (bicyclic) bond motifs is 1. The van der Waals surface area contributed by atoms with Crippen LogP contribution in [0.3, 0.4) is 0 Å². The first kappa shape index (κ1) is 12.4. The summed E-state index contributed by atoms with van der Waals surface area (Å²) in [5.74, 6) is 0. The van der Waals surface area contributed by atoms with Gasteiger partial charge in [0.15, 0.2) is 0 Å². The Kier molecular flexibility index (Phi) is 3.72. The Morgan fingerprint density at radius 3 is 2.82 bits per heavy atom. The maximum absolute atomic E-state index is 10.3. The lowest BCUT2D eigenvalue weighted by atomic mass is 10.0. The first-order chi connectivity index (χ1) is 8.12. The molecule has 0 amide bonds. The minimum Gasteiger partial charge on any atom is -0.388 e. The van der Waals surface area contributed by atoms with E-state index in [4.69, 9.17) is 0 Å². The second kappa shape index (κ2) is 5.09. The highest BCUT2D eigenvalue weighted by atomic mass is 16.3. The first-order valence-corrected chi connectivity index (χ1v) is 6.67. The number of β-amino-alcohol motifs (C(OH)–C–C–N with tert-alkyl or cyclic N) is 1. The number of aliphatic hydroxyl groups is 1. The van der Waals surface area contributed by atoms with E-state index >= 15 is 0 Å². The molecule has 1 heterocycles. The molecule has 94 valence electrons. The van der Waals surface area contributed by atoms with Crippen LogP contribution in [0, 0.1) is 0 Å². The molecule has 1 aromatic carbocycles. The van der Waals surface area contributed by atoms with Gasteiger partial charge in [-0.15, -0.1) is 0 Å². The number of aryl methyl sites for hydroxylation is 1. The van der Waals surface area contributed by atoms with Crippen LogP contribution in [-0.4, -0.2) is 23.8 Å². The Morgan fingerprint density at radius 2 is 2.06 bits per heavy atom. The molecule has 0 spiro atoms. The second-order valence-electron chi connectivity index (χ2n) is 5.36. The zero-order chi connectivity index (χ0) is 12.3. The third-order valence-electron chi connectivity index (χ3n) is 3.75. The number of hydrogen-bond acceptors (Lipinski definition) is 2. The molecule has 1 aromatic rings. The van der Waals surface area contributed by atoms with Crippen LogP contribution >= 0.6 is 0 Å². The maximum Gasteiger partial charge on any atom is 0.0791 e. The fourth-order valence-electron chi connectivity index (χ4n) is 2.46. The Bertz CT molecular complexity index is 373. The van der Waals surface area contributed by atoms with Crippen molar-refractivity contribution >= 4 is 5.69 Å². The van der Waals surface area contributed by atoms with Crippen molar-refractivity contribution in [3.05, 3.63) is 29.8 Å². The number of benzene rings is 1. The van der Waals surface area contributed by atoms with Crippen molar-refractivity contribution in [1.82, 2.24) is 0 Å². The van der Waals surface area contributed by atoms with E-state index < -0.39 is 5.60 Å². The minimum absolute atomic E-state index is 0.586. The van der Waals surface area contributed by atoms with Crippen molar-refractivity contribution in [2.24, 2.45) is 0 Å². The van der Waals surface area contributed by atoms with Gasteiger partial charge in [0.25, 0.3) is 0 Å². The summed E-state index contributed by atoms with van der Waals surface area (Å²) in [6.45, 7) is 5.78. The van der Waals surface area contributed by atoms with Crippen molar-refractivity contribution in [3.63, 3.8) is 0 Å². The molecule has 0 saturated carbocycles. The zero-order valence-electron chi connectivity index (χ0n) is 10.9. The number of para-hydroxylation sites is 1. The number of anilines is 1. The van der Waals surface area contributed by atoms with Crippen LogP contribution in [0.1, 0.15) is 38.7 Å². The molecule has 0 bridgehead atoms. The predicted octanol–water partition coefficient (Wildman–Crippen LogP) is 2.99. The van der Waals surface area contributed by atoms with Crippen LogP contribution in [0.4, 0.5) is 5.69 Å². The molecule has 1 atom stereocenters. The molecular formula is C15H23NO. The summed E-state index contributed by atoms with van der Waals surface area (Å²) in [5, 5.41) is 10.3. The molecule has 1 aliphatic rings. The Labute approximate surface area is 104 Å². The lowest BCUT2D eigenvalue weighted by molar-refractivity contribution is 0.0630. The fourth-order valence-corrected chi connectivity index (χ4v) is 2.46.